The van der Waals surface area contributed by atoms with Crippen molar-refractivity contribution in [3.05, 3.63) is 29.8 Å². The van der Waals surface area contributed by atoms with Gasteiger partial charge >= 0.3 is 0 Å². The molecule has 0 bridgehead atoms. The van der Waals surface area contributed by atoms with Gasteiger partial charge in [0.25, 0.3) is 0 Å². The van der Waals surface area contributed by atoms with Crippen molar-refractivity contribution in [2.45, 2.75) is 32.8 Å². The van der Waals surface area contributed by atoms with Gasteiger partial charge < -0.3 is 9.84 Å². The maximum absolute atomic E-state index is 12.4. The van der Waals surface area contributed by atoms with Crippen LogP contribution in [-0.4, -0.2) is 18.1 Å². The molecule has 0 spiro atoms. The minimum absolute atomic E-state index is 0.488. The molecular weight excluding hydrogens is 226 g/mol. The van der Waals surface area contributed by atoms with E-state index >= 15 is 0 Å². The first kappa shape index (κ1) is 13.9. The zero-order chi connectivity index (χ0) is 12.8. The highest BCUT2D eigenvalue weighted by molar-refractivity contribution is 5.28. The van der Waals surface area contributed by atoms with E-state index in [1.54, 1.807) is 24.3 Å². The first-order chi connectivity index (χ1) is 8.06. The molecule has 1 aromatic carbocycles. The maximum atomic E-state index is 12.4. The molecule has 1 N–H and O–H groups in total. The van der Waals surface area contributed by atoms with Crippen LogP contribution in [0.3, 0.4) is 0 Å². The van der Waals surface area contributed by atoms with Gasteiger partial charge in [-0.3, -0.25) is 0 Å². The van der Waals surface area contributed by atoms with Gasteiger partial charge in [-0.2, -0.15) is 0 Å². The van der Waals surface area contributed by atoms with E-state index in [1.165, 1.54) is 6.92 Å². The first-order valence-electron chi connectivity index (χ1n) is 5.75. The van der Waals surface area contributed by atoms with Gasteiger partial charge in [0.2, 0.25) is 6.43 Å². The van der Waals surface area contributed by atoms with Crippen molar-refractivity contribution in [1.82, 2.24) is 0 Å². The second kappa shape index (κ2) is 6.55. The highest BCUT2D eigenvalue weighted by Gasteiger charge is 2.24. The van der Waals surface area contributed by atoms with Crippen LogP contribution < -0.4 is 4.74 Å². The predicted molar refractivity (Wildman–Crippen MR) is 62.4 cm³/mol. The Morgan fingerprint density at radius 3 is 2.29 bits per heavy atom. The Hall–Kier alpha value is -1.16. The van der Waals surface area contributed by atoms with Crippen LogP contribution in [0.1, 0.15) is 31.9 Å². The number of alkyl halides is 2. The fourth-order valence-electron chi connectivity index (χ4n) is 1.42. The van der Waals surface area contributed by atoms with Crippen molar-refractivity contribution >= 4 is 0 Å². The summed E-state index contributed by atoms with van der Waals surface area (Å²) in [4.78, 5) is 0. The van der Waals surface area contributed by atoms with Gasteiger partial charge in [-0.15, -0.1) is 0 Å². The molecule has 0 aliphatic rings. The van der Waals surface area contributed by atoms with Crippen LogP contribution >= 0.6 is 0 Å². The quantitative estimate of drug-likeness (QED) is 0.831. The molecule has 0 saturated heterocycles. The SMILES string of the molecule is CCCOc1ccc(C(O)C(C)C(F)F)cc1. The van der Waals surface area contributed by atoms with Gasteiger partial charge in [-0.1, -0.05) is 26.0 Å². The zero-order valence-corrected chi connectivity index (χ0v) is 10.1. The Labute approximate surface area is 100 Å². The minimum atomic E-state index is -2.53. The topological polar surface area (TPSA) is 29.5 Å². The van der Waals surface area contributed by atoms with E-state index in [9.17, 15) is 13.9 Å². The van der Waals surface area contributed by atoms with Crippen LogP contribution in [0.15, 0.2) is 24.3 Å². The van der Waals surface area contributed by atoms with Crippen molar-refractivity contribution in [3.8, 4) is 5.75 Å². The number of ether oxygens (including phenoxy) is 1. The Balaban J connectivity index is 2.66. The van der Waals surface area contributed by atoms with Crippen molar-refractivity contribution in [3.63, 3.8) is 0 Å². The summed E-state index contributed by atoms with van der Waals surface area (Å²) in [5, 5.41) is 9.71. The molecule has 1 aromatic rings. The fraction of sp³-hybridized carbons (Fsp3) is 0.538. The van der Waals surface area contributed by atoms with Gasteiger partial charge in [-0.05, 0) is 24.1 Å². The molecule has 2 atom stereocenters. The van der Waals surface area contributed by atoms with E-state index in [2.05, 4.69) is 0 Å². The maximum Gasteiger partial charge on any atom is 0.243 e. The summed E-state index contributed by atoms with van der Waals surface area (Å²) in [6, 6.07) is 6.61. The van der Waals surface area contributed by atoms with E-state index < -0.39 is 18.4 Å². The van der Waals surface area contributed by atoms with Crippen molar-refractivity contribution in [2.24, 2.45) is 5.92 Å². The summed E-state index contributed by atoms with van der Waals surface area (Å²) in [6.45, 7) is 3.95. The first-order valence-corrected chi connectivity index (χ1v) is 5.75. The van der Waals surface area contributed by atoms with Gasteiger partial charge in [-0.25, -0.2) is 8.78 Å². The van der Waals surface area contributed by atoms with E-state index in [-0.39, 0.29) is 0 Å². The lowest BCUT2D eigenvalue weighted by Gasteiger charge is -2.18. The molecule has 0 amide bonds. The van der Waals surface area contributed by atoms with Crippen molar-refractivity contribution in [2.75, 3.05) is 6.61 Å². The Morgan fingerprint density at radius 2 is 1.82 bits per heavy atom. The zero-order valence-electron chi connectivity index (χ0n) is 10.1. The average Bonchev–Trinajstić information content (AvgIpc) is 2.35. The summed E-state index contributed by atoms with van der Waals surface area (Å²) in [5.74, 6) is -0.384. The third-order valence-corrected chi connectivity index (χ3v) is 2.59. The lowest BCUT2D eigenvalue weighted by atomic mass is 9.98. The molecule has 0 heterocycles. The van der Waals surface area contributed by atoms with Gasteiger partial charge in [0, 0.05) is 5.92 Å². The molecule has 2 nitrogen and oxygen atoms in total. The summed E-state index contributed by atoms with van der Waals surface area (Å²) in [5.41, 5.74) is 0.488. The van der Waals surface area contributed by atoms with Crippen LogP contribution in [0, 0.1) is 5.92 Å². The number of aliphatic hydroxyl groups excluding tert-OH is 1. The predicted octanol–water partition coefficient (Wildman–Crippen LogP) is 3.41. The molecule has 17 heavy (non-hydrogen) atoms. The number of rotatable bonds is 6. The van der Waals surface area contributed by atoms with Gasteiger partial charge in [0.1, 0.15) is 5.75 Å². The molecule has 0 aliphatic carbocycles. The molecule has 4 heteroatoms. The molecule has 96 valence electrons. The van der Waals surface area contributed by atoms with Gasteiger partial charge in [0.15, 0.2) is 0 Å². The standard InChI is InChI=1S/C13H18F2O2/c1-3-8-17-11-6-4-10(5-7-11)12(16)9(2)13(14)15/h4-7,9,12-13,16H,3,8H2,1-2H3. The molecule has 0 fully saturated rings. The number of hydrogen-bond acceptors (Lipinski definition) is 2. The van der Waals surface area contributed by atoms with Crippen molar-refractivity contribution < 1.29 is 18.6 Å². The highest BCUT2D eigenvalue weighted by Crippen LogP contribution is 2.27. The monoisotopic (exact) mass is 244 g/mol. The van der Waals surface area contributed by atoms with Gasteiger partial charge in [0.05, 0.1) is 12.7 Å². The number of halogens is 2. The molecule has 0 aromatic heterocycles. The smallest absolute Gasteiger partial charge is 0.243 e. The van der Waals surface area contributed by atoms with E-state index in [0.29, 0.717) is 17.9 Å². The second-order valence-corrected chi connectivity index (χ2v) is 4.06. The molecule has 0 radical (unpaired) electrons. The molecule has 1 rings (SSSR count). The molecule has 2 unspecified atom stereocenters. The van der Waals surface area contributed by atoms with E-state index in [1.807, 2.05) is 6.92 Å². The number of hydrogen-bond donors (Lipinski definition) is 1. The molecule has 0 aliphatic heterocycles. The fourth-order valence-corrected chi connectivity index (χ4v) is 1.42. The summed E-state index contributed by atoms with van der Waals surface area (Å²) >= 11 is 0. The van der Waals surface area contributed by atoms with Crippen LogP contribution in [0.25, 0.3) is 0 Å². The summed E-state index contributed by atoms with van der Waals surface area (Å²) in [7, 11) is 0. The van der Waals surface area contributed by atoms with E-state index in [0.717, 1.165) is 6.42 Å². The molecular formula is C13H18F2O2. The summed E-state index contributed by atoms with van der Waals surface area (Å²) in [6.07, 6.45) is -2.76. The Bertz CT molecular complexity index is 325. The second-order valence-electron chi connectivity index (χ2n) is 4.06. The van der Waals surface area contributed by atoms with Crippen LogP contribution in [-0.2, 0) is 0 Å². The Kier molecular flexibility index (Phi) is 5.35. The average molecular weight is 244 g/mol. The normalized spacial score (nSPS) is 14.7. The third kappa shape index (κ3) is 3.97. The highest BCUT2D eigenvalue weighted by atomic mass is 19.3. The lowest BCUT2D eigenvalue weighted by molar-refractivity contribution is 0.000619. The largest absolute Gasteiger partial charge is 0.494 e. The van der Waals surface area contributed by atoms with E-state index in [4.69, 9.17) is 4.74 Å². The Morgan fingerprint density at radius 1 is 1.24 bits per heavy atom. The number of aliphatic hydroxyl groups is 1. The summed E-state index contributed by atoms with van der Waals surface area (Å²) < 4.78 is 30.2. The van der Waals surface area contributed by atoms with Crippen LogP contribution in [0.5, 0.6) is 5.75 Å². The number of benzene rings is 1. The molecule has 0 saturated carbocycles. The minimum Gasteiger partial charge on any atom is -0.494 e. The van der Waals surface area contributed by atoms with Crippen LogP contribution in [0.2, 0.25) is 0 Å². The third-order valence-electron chi connectivity index (χ3n) is 2.59. The lowest BCUT2D eigenvalue weighted by Crippen LogP contribution is -2.16. The van der Waals surface area contributed by atoms with Crippen molar-refractivity contribution in [1.29, 1.82) is 0 Å². The van der Waals surface area contributed by atoms with Crippen LogP contribution in [0.4, 0.5) is 8.78 Å².